The van der Waals surface area contributed by atoms with Crippen LogP contribution in [0.5, 0.6) is 11.5 Å². The highest BCUT2D eigenvalue weighted by molar-refractivity contribution is 6.08. The van der Waals surface area contributed by atoms with Gasteiger partial charge in [-0.25, -0.2) is 9.59 Å². The Bertz CT molecular complexity index is 1340. The van der Waals surface area contributed by atoms with Crippen LogP contribution in [0.1, 0.15) is 20.7 Å². The first kappa shape index (κ1) is 22.5. The Kier molecular flexibility index (Phi) is 5.75. The molecule has 12 heteroatoms. The molecule has 2 unspecified atom stereocenters. The number of aromatic amines is 2. The molecule has 0 spiro atoms. The van der Waals surface area contributed by atoms with Crippen LogP contribution in [0.15, 0.2) is 48.8 Å². The van der Waals surface area contributed by atoms with E-state index in [4.69, 9.17) is 20.9 Å². The molecular formula is C22H18N4O8. The number of hydrogen-bond acceptors (Lipinski definition) is 8. The second kappa shape index (κ2) is 8.69. The van der Waals surface area contributed by atoms with Crippen LogP contribution >= 0.6 is 0 Å². The Balaban J connectivity index is 1.49. The van der Waals surface area contributed by atoms with Gasteiger partial charge in [0, 0.05) is 23.2 Å². The van der Waals surface area contributed by atoms with E-state index in [1.807, 2.05) is 0 Å². The van der Waals surface area contributed by atoms with Crippen molar-refractivity contribution in [3.63, 3.8) is 0 Å². The number of aromatic nitrogens is 2. The number of aliphatic hydroxyl groups excluding tert-OH is 2. The minimum Gasteiger partial charge on any atom is -0.422 e. The van der Waals surface area contributed by atoms with Crippen molar-refractivity contribution in [3.8, 4) is 11.5 Å². The predicted octanol–water partition coefficient (Wildman–Crippen LogP) is 0.0798. The smallest absolute Gasteiger partial charge is 0.343 e. The third-order valence-electron chi connectivity index (χ3n) is 5.09. The van der Waals surface area contributed by atoms with Crippen LogP contribution < -0.4 is 20.9 Å². The zero-order valence-electron chi connectivity index (χ0n) is 17.3. The number of carbonyl (C=O) groups excluding carboxylic acids is 4. The summed E-state index contributed by atoms with van der Waals surface area (Å²) in [6.07, 6.45) is -2.06. The van der Waals surface area contributed by atoms with Crippen molar-refractivity contribution in [3.05, 3.63) is 59.9 Å². The van der Waals surface area contributed by atoms with Crippen molar-refractivity contribution in [1.82, 2.24) is 9.97 Å². The van der Waals surface area contributed by atoms with Crippen LogP contribution in [-0.2, 0) is 9.59 Å². The van der Waals surface area contributed by atoms with Crippen molar-refractivity contribution < 1.29 is 38.9 Å². The molecule has 0 fully saturated rings. The number of nitrogens with two attached hydrogens (primary N) is 2. The topological polar surface area (TPSA) is 211 Å². The fourth-order valence-electron chi connectivity index (χ4n) is 3.43. The molecule has 34 heavy (non-hydrogen) atoms. The number of benzene rings is 2. The lowest BCUT2D eigenvalue weighted by Crippen LogP contribution is -2.43. The summed E-state index contributed by atoms with van der Waals surface area (Å²) < 4.78 is 10.2. The van der Waals surface area contributed by atoms with E-state index in [9.17, 15) is 29.4 Å². The van der Waals surface area contributed by atoms with Gasteiger partial charge < -0.3 is 41.1 Å². The number of carbonyl (C=O) groups is 4. The summed E-state index contributed by atoms with van der Waals surface area (Å²) in [5.41, 5.74) is 11.5. The molecule has 2 amide bonds. The summed E-state index contributed by atoms with van der Waals surface area (Å²) in [7, 11) is 0. The zero-order chi connectivity index (χ0) is 24.6. The van der Waals surface area contributed by atoms with E-state index in [0.717, 1.165) is 0 Å². The monoisotopic (exact) mass is 466 g/mol. The highest BCUT2D eigenvalue weighted by Gasteiger charge is 2.34. The van der Waals surface area contributed by atoms with E-state index in [1.54, 1.807) is 0 Å². The molecule has 0 saturated heterocycles. The Morgan fingerprint density at radius 3 is 1.44 bits per heavy atom. The molecular weight excluding hydrogens is 448 g/mol. The normalized spacial score (nSPS) is 12.9. The highest BCUT2D eigenvalue weighted by Crippen LogP contribution is 2.29. The van der Waals surface area contributed by atoms with Crippen LogP contribution in [0, 0.1) is 0 Å². The van der Waals surface area contributed by atoms with Gasteiger partial charge in [-0.05, 0) is 24.3 Å². The van der Waals surface area contributed by atoms with Crippen LogP contribution in [0.2, 0.25) is 0 Å². The number of amides is 2. The summed E-state index contributed by atoms with van der Waals surface area (Å²) in [4.78, 5) is 53.2. The Morgan fingerprint density at radius 1 is 0.706 bits per heavy atom. The van der Waals surface area contributed by atoms with Gasteiger partial charge in [-0.3, -0.25) is 9.59 Å². The van der Waals surface area contributed by atoms with Crippen LogP contribution in [0.4, 0.5) is 0 Å². The second-order valence-corrected chi connectivity index (χ2v) is 7.22. The van der Waals surface area contributed by atoms with Crippen molar-refractivity contribution in [1.29, 1.82) is 0 Å². The molecule has 8 N–H and O–H groups in total. The summed E-state index contributed by atoms with van der Waals surface area (Å²) in [6, 6.07) is 9.05. The summed E-state index contributed by atoms with van der Waals surface area (Å²) in [5.74, 6) is -4.21. The standard InChI is InChI=1S/C22H18N4O8/c23-19(29)11-5-1-3-9-13(7-25-15(9)11)33-21(31)17(27)18(28)22(32)34-14-8-26-16-10(14)4-2-6-12(16)20(24)30/h1-8,17-18,25-28H,(H2,23,29)(H2,24,30). The summed E-state index contributed by atoms with van der Waals surface area (Å²) >= 11 is 0. The van der Waals surface area contributed by atoms with E-state index < -0.39 is 36.0 Å². The number of primary amides is 2. The third-order valence-corrected chi connectivity index (χ3v) is 5.09. The molecule has 0 radical (unpaired) electrons. The van der Waals surface area contributed by atoms with Gasteiger partial charge in [0.1, 0.15) is 0 Å². The number of aliphatic hydroxyl groups is 2. The maximum Gasteiger partial charge on any atom is 0.343 e. The number of ether oxygens (including phenoxy) is 2. The van der Waals surface area contributed by atoms with Gasteiger partial charge in [0.25, 0.3) is 11.8 Å². The molecule has 2 aromatic carbocycles. The Hall–Kier alpha value is -4.68. The number of rotatable bonds is 7. The van der Waals surface area contributed by atoms with E-state index in [2.05, 4.69) is 9.97 Å². The van der Waals surface area contributed by atoms with Gasteiger partial charge in [0.15, 0.2) is 23.7 Å². The third kappa shape index (κ3) is 3.94. The molecule has 0 saturated carbocycles. The largest absolute Gasteiger partial charge is 0.422 e. The average Bonchev–Trinajstić information content (AvgIpc) is 3.41. The number of fused-ring (bicyclic) bond motifs is 2. The van der Waals surface area contributed by atoms with E-state index in [1.165, 1.54) is 48.8 Å². The van der Waals surface area contributed by atoms with Gasteiger partial charge >= 0.3 is 11.9 Å². The number of para-hydroxylation sites is 2. The Morgan fingerprint density at radius 2 is 1.09 bits per heavy atom. The fourth-order valence-corrected chi connectivity index (χ4v) is 3.43. The molecule has 12 nitrogen and oxygen atoms in total. The fraction of sp³-hybridized carbons (Fsp3) is 0.0909. The molecule has 2 atom stereocenters. The molecule has 2 aromatic heterocycles. The van der Waals surface area contributed by atoms with Gasteiger partial charge in [0.05, 0.1) is 22.2 Å². The molecule has 4 aromatic rings. The van der Waals surface area contributed by atoms with Gasteiger partial charge in [-0.15, -0.1) is 0 Å². The zero-order valence-corrected chi connectivity index (χ0v) is 17.3. The predicted molar refractivity (Wildman–Crippen MR) is 117 cm³/mol. The molecule has 0 bridgehead atoms. The van der Waals surface area contributed by atoms with Gasteiger partial charge in [0.2, 0.25) is 0 Å². The maximum atomic E-state index is 12.4. The van der Waals surface area contributed by atoms with E-state index in [0.29, 0.717) is 21.8 Å². The quantitative estimate of drug-likeness (QED) is 0.205. The summed E-state index contributed by atoms with van der Waals surface area (Å²) in [5, 5.41) is 20.9. The van der Waals surface area contributed by atoms with Crippen molar-refractivity contribution in [2.75, 3.05) is 0 Å². The minimum atomic E-state index is -2.29. The molecule has 4 rings (SSSR count). The van der Waals surface area contributed by atoms with Crippen LogP contribution in [-0.4, -0.2) is 56.1 Å². The van der Waals surface area contributed by atoms with Gasteiger partial charge in [-0.1, -0.05) is 12.1 Å². The molecule has 174 valence electrons. The highest BCUT2D eigenvalue weighted by atomic mass is 16.6. The molecule has 0 aliphatic rings. The van der Waals surface area contributed by atoms with Crippen LogP contribution in [0.3, 0.4) is 0 Å². The van der Waals surface area contributed by atoms with Gasteiger partial charge in [-0.2, -0.15) is 0 Å². The second-order valence-electron chi connectivity index (χ2n) is 7.22. The van der Waals surface area contributed by atoms with E-state index >= 15 is 0 Å². The number of H-pyrrole nitrogens is 2. The van der Waals surface area contributed by atoms with Crippen molar-refractivity contribution in [2.24, 2.45) is 11.5 Å². The SMILES string of the molecule is NC(=O)c1cccc2c(OC(=O)C(O)C(O)C(=O)Oc3c[nH]c4c(C(N)=O)cccc34)c[nH]c12. The lowest BCUT2D eigenvalue weighted by molar-refractivity contribution is -0.162. The minimum absolute atomic E-state index is 0.0571. The molecule has 2 heterocycles. The lowest BCUT2D eigenvalue weighted by Gasteiger charge is -2.15. The first-order valence-corrected chi connectivity index (χ1v) is 9.78. The van der Waals surface area contributed by atoms with Crippen molar-refractivity contribution in [2.45, 2.75) is 12.2 Å². The first-order chi connectivity index (χ1) is 16.2. The lowest BCUT2D eigenvalue weighted by atomic mass is 10.1. The molecule has 0 aliphatic heterocycles. The number of hydrogen-bond donors (Lipinski definition) is 6. The number of esters is 2. The maximum absolute atomic E-state index is 12.4. The summed E-state index contributed by atoms with van der Waals surface area (Å²) in [6.45, 7) is 0. The first-order valence-electron chi connectivity index (χ1n) is 9.78. The average molecular weight is 466 g/mol. The van der Waals surface area contributed by atoms with E-state index in [-0.39, 0.29) is 22.6 Å². The van der Waals surface area contributed by atoms with Crippen molar-refractivity contribution >= 4 is 45.6 Å². The molecule has 0 aliphatic carbocycles. The Labute approximate surface area is 190 Å². The van der Waals surface area contributed by atoms with Crippen LogP contribution in [0.25, 0.3) is 21.8 Å². The number of nitrogens with one attached hydrogen (secondary N) is 2.